The molecule has 0 saturated heterocycles. The fourth-order valence-electron chi connectivity index (χ4n) is 5.01. The first-order chi connectivity index (χ1) is 17.2. The third kappa shape index (κ3) is 3.49. The minimum atomic E-state index is -4.48. The maximum absolute atomic E-state index is 15.0. The third-order valence-electron chi connectivity index (χ3n) is 7.07. The second-order valence-electron chi connectivity index (χ2n) is 9.27. The standard InChI is InChI=1S/C23H21ClF4N8/c1-34-19(3-6-30-34)31-18-8-15(16(24)9-29-18)13-7-17-20-32-33-21(22(4-2-5-22)23(26,27)28)36(20)12-14(25)11-35(17)10-13/h3,6-10,14H,2,4-5,11-12H2,1H3,(H,29,31)/t14-/m0/s1. The Morgan fingerprint density at radius 2 is 1.97 bits per heavy atom. The van der Waals surface area contributed by atoms with Gasteiger partial charge in [-0.2, -0.15) is 18.3 Å². The molecule has 6 rings (SSSR count). The van der Waals surface area contributed by atoms with Crippen molar-refractivity contribution in [1.29, 1.82) is 0 Å². The van der Waals surface area contributed by atoms with Crippen molar-refractivity contribution >= 4 is 23.2 Å². The van der Waals surface area contributed by atoms with Crippen LogP contribution in [0.5, 0.6) is 0 Å². The molecule has 36 heavy (non-hydrogen) atoms. The van der Waals surface area contributed by atoms with Crippen LogP contribution in [0.25, 0.3) is 22.6 Å². The summed E-state index contributed by atoms with van der Waals surface area (Å²) in [5.41, 5.74) is -0.313. The summed E-state index contributed by atoms with van der Waals surface area (Å²) in [6.07, 6.45) is -0.730. The number of halogens is 5. The van der Waals surface area contributed by atoms with E-state index >= 15 is 4.39 Å². The molecule has 2 aliphatic rings. The van der Waals surface area contributed by atoms with E-state index in [4.69, 9.17) is 11.6 Å². The molecule has 5 heterocycles. The van der Waals surface area contributed by atoms with Gasteiger partial charge in [0.05, 0.1) is 30.0 Å². The molecular formula is C23H21ClF4N8. The van der Waals surface area contributed by atoms with Crippen molar-refractivity contribution in [3.63, 3.8) is 0 Å². The Kier molecular flexibility index (Phi) is 5.15. The van der Waals surface area contributed by atoms with Crippen molar-refractivity contribution in [2.75, 3.05) is 5.32 Å². The highest BCUT2D eigenvalue weighted by Crippen LogP contribution is 2.54. The Morgan fingerprint density at radius 1 is 1.17 bits per heavy atom. The lowest BCUT2D eigenvalue weighted by molar-refractivity contribution is -0.216. The van der Waals surface area contributed by atoms with Gasteiger partial charge in [0.2, 0.25) is 0 Å². The molecule has 1 aliphatic carbocycles. The number of hydrogen-bond acceptors (Lipinski definition) is 5. The Morgan fingerprint density at radius 3 is 2.64 bits per heavy atom. The normalized spacial score (nSPS) is 18.8. The summed E-state index contributed by atoms with van der Waals surface area (Å²) >= 11 is 6.46. The fourth-order valence-corrected chi connectivity index (χ4v) is 5.22. The molecule has 1 N–H and O–H groups in total. The molecule has 1 aliphatic heterocycles. The predicted molar refractivity (Wildman–Crippen MR) is 125 cm³/mol. The second kappa shape index (κ2) is 8.05. The summed E-state index contributed by atoms with van der Waals surface area (Å²) in [4.78, 5) is 4.31. The Hall–Kier alpha value is -3.41. The van der Waals surface area contributed by atoms with Crippen LogP contribution in [0.3, 0.4) is 0 Å². The smallest absolute Gasteiger partial charge is 0.341 e. The molecule has 188 valence electrons. The molecule has 0 spiro atoms. The van der Waals surface area contributed by atoms with E-state index in [0.29, 0.717) is 34.1 Å². The molecule has 4 aromatic rings. The van der Waals surface area contributed by atoms with Gasteiger partial charge in [0.25, 0.3) is 0 Å². The summed E-state index contributed by atoms with van der Waals surface area (Å²) in [5, 5.41) is 15.7. The monoisotopic (exact) mass is 520 g/mol. The van der Waals surface area contributed by atoms with E-state index in [9.17, 15) is 13.2 Å². The van der Waals surface area contributed by atoms with Crippen molar-refractivity contribution in [2.45, 2.75) is 50.1 Å². The number of pyridine rings is 1. The van der Waals surface area contributed by atoms with Crippen molar-refractivity contribution < 1.29 is 17.6 Å². The average molecular weight is 521 g/mol. The highest BCUT2D eigenvalue weighted by atomic mass is 35.5. The maximum atomic E-state index is 15.0. The van der Waals surface area contributed by atoms with Gasteiger partial charge in [-0.25, -0.2) is 9.37 Å². The van der Waals surface area contributed by atoms with Crippen LogP contribution in [0.2, 0.25) is 5.02 Å². The van der Waals surface area contributed by atoms with Crippen molar-refractivity contribution in [2.24, 2.45) is 7.05 Å². The van der Waals surface area contributed by atoms with Crippen molar-refractivity contribution in [3.05, 3.63) is 47.6 Å². The molecule has 0 unspecified atom stereocenters. The second-order valence-corrected chi connectivity index (χ2v) is 9.68. The van der Waals surface area contributed by atoms with Crippen LogP contribution in [0.15, 0.2) is 36.8 Å². The van der Waals surface area contributed by atoms with Crippen LogP contribution in [0.1, 0.15) is 25.1 Å². The van der Waals surface area contributed by atoms with Gasteiger partial charge in [-0.1, -0.05) is 18.0 Å². The van der Waals surface area contributed by atoms with Gasteiger partial charge in [0.15, 0.2) is 5.82 Å². The van der Waals surface area contributed by atoms with Crippen LogP contribution in [0.4, 0.5) is 29.2 Å². The fraction of sp³-hybridized carbons (Fsp3) is 0.391. The molecule has 0 bridgehead atoms. The number of nitrogens with one attached hydrogen (secondary N) is 1. The van der Waals surface area contributed by atoms with E-state index in [1.807, 2.05) is 0 Å². The number of rotatable bonds is 4. The molecule has 4 aromatic heterocycles. The highest BCUT2D eigenvalue weighted by Gasteiger charge is 2.62. The predicted octanol–water partition coefficient (Wildman–Crippen LogP) is 5.27. The number of alkyl halides is 4. The third-order valence-corrected chi connectivity index (χ3v) is 7.37. The summed E-state index contributed by atoms with van der Waals surface area (Å²) < 4.78 is 61.8. The van der Waals surface area contributed by atoms with Gasteiger partial charge in [0, 0.05) is 36.6 Å². The number of anilines is 2. The number of aromatic nitrogens is 7. The molecule has 8 nitrogen and oxygen atoms in total. The van der Waals surface area contributed by atoms with E-state index in [2.05, 4.69) is 25.6 Å². The SMILES string of the molecule is Cn1nccc1Nc1cc(-c2cc3n(c2)C[C@H](F)Cn2c-3nnc2C2(C(F)(F)F)CCC2)c(Cl)cn1. The first-order valence-electron chi connectivity index (χ1n) is 11.4. The van der Waals surface area contributed by atoms with E-state index in [1.54, 1.807) is 46.9 Å². The Bertz CT molecular complexity index is 1450. The van der Waals surface area contributed by atoms with Gasteiger partial charge in [0.1, 0.15) is 29.0 Å². The minimum Gasteiger partial charge on any atom is -0.341 e. The Labute approximate surface area is 207 Å². The van der Waals surface area contributed by atoms with E-state index in [0.717, 1.165) is 5.82 Å². The number of nitrogens with zero attached hydrogens (tertiary/aromatic N) is 7. The van der Waals surface area contributed by atoms with Gasteiger partial charge in [-0.3, -0.25) is 4.68 Å². The van der Waals surface area contributed by atoms with Gasteiger partial charge < -0.3 is 14.5 Å². The molecule has 0 radical (unpaired) electrons. The summed E-state index contributed by atoms with van der Waals surface area (Å²) in [7, 11) is 1.79. The lowest BCUT2D eigenvalue weighted by Crippen LogP contribution is -2.50. The van der Waals surface area contributed by atoms with Gasteiger partial charge >= 0.3 is 6.18 Å². The van der Waals surface area contributed by atoms with Crippen molar-refractivity contribution in [3.8, 4) is 22.6 Å². The number of aryl methyl sites for hydroxylation is 1. The zero-order chi connectivity index (χ0) is 25.2. The highest BCUT2D eigenvalue weighted by molar-refractivity contribution is 6.33. The van der Waals surface area contributed by atoms with Crippen LogP contribution in [0, 0.1) is 0 Å². The maximum Gasteiger partial charge on any atom is 0.401 e. The van der Waals surface area contributed by atoms with Gasteiger partial charge in [-0.05, 0) is 25.0 Å². The molecule has 1 fully saturated rings. The topological polar surface area (TPSA) is 78.4 Å². The van der Waals surface area contributed by atoms with Crippen LogP contribution >= 0.6 is 11.6 Å². The number of fused-ring (bicyclic) bond motifs is 3. The lowest BCUT2D eigenvalue weighted by Gasteiger charge is -2.42. The Balaban J connectivity index is 1.42. The molecule has 13 heteroatoms. The molecular weight excluding hydrogens is 500 g/mol. The molecule has 0 aromatic carbocycles. The van der Waals surface area contributed by atoms with Crippen LogP contribution in [-0.4, -0.2) is 46.4 Å². The molecule has 0 amide bonds. The van der Waals surface area contributed by atoms with Gasteiger partial charge in [-0.15, -0.1) is 10.2 Å². The largest absolute Gasteiger partial charge is 0.401 e. The zero-order valence-electron chi connectivity index (χ0n) is 19.1. The summed E-state index contributed by atoms with van der Waals surface area (Å²) in [6, 6.07) is 5.29. The minimum absolute atomic E-state index is 0.0278. The molecule has 1 atom stereocenters. The van der Waals surface area contributed by atoms with E-state index in [1.165, 1.54) is 10.8 Å². The first kappa shape index (κ1) is 23.0. The quantitative estimate of drug-likeness (QED) is 0.371. The first-order valence-corrected chi connectivity index (χ1v) is 11.8. The van der Waals surface area contributed by atoms with Crippen LogP contribution < -0.4 is 5.32 Å². The molecule has 1 saturated carbocycles. The zero-order valence-corrected chi connectivity index (χ0v) is 19.9. The summed E-state index contributed by atoms with van der Waals surface area (Å²) in [5.74, 6) is 1.24. The number of hydrogen-bond donors (Lipinski definition) is 1. The lowest BCUT2D eigenvalue weighted by atomic mass is 9.67. The van der Waals surface area contributed by atoms with E-state index < -0.39 is 17.8 Å². The van der Waals surface area contributed by atoms with Crippen molar-refractivity contribution in [1.82, 2.24) is 34.1 Å². The van der Waals surface area contributed by atoms with Crippen LogP contribution in [-0.2, 0) is 25.6 Å². The van der Waals surface area contributed by atoms with E-state index in [-0.39, 0.29) is 37.6 Å². The average Bonchev–Trinajstić information content (AvgIpc) is 3.46. The summed E-state index contributed by atoms with van der Waals surface area (Å²) in [6.45, 7) is -0.263.